The lowest BCUT2D eigenvalue weighted by molar-refractivity contribution is 0.641. The maximum absolute atomic E-state index is 5.50. The summed E-state index contributed by atoms with van der Waals surface area (Å²) in [4.78, 5) is 11.0. The molecule has 10 rings (SSSR count). The van der Waals surface area contributed by atoms with Gasteiger partial charge >= 0.3 is 0 Å². The minimum Gasteiger partial charge on any atom is -0.231 e. The fourth-order valence-electron chi connectivity index (χ4n) is 8.40. The van der Waals surface area contributed by atoms with Crippen LogP contribution in [0, 0.1) is 0 Å². The van der Waals surface area contributed by atoms with E-state index in [-0.39, 0.29) is 5.41 Å². The molecule has 1 aliphatic carbocycles. The SMILES string of the molecule is CC1(C)c2nc(-c3cccc(-c4cccc(-c5ccc(-c6ccccc6)cc5)c4)c3)nc(-c3cccc4ccccc34)c2-c2ccc3ccccc3c21. The predicted octanol–water partition coefficient (Wildman–Crippen LogP) is 13.4. The van der Waals surface area contributed by atoms with Gasteiger partial charge in [-0.25, -0.2) is 9.97 Å². The first kappa shape index (κ1) is 31.1. The van der Waals surface area contributed by atoms with Crippen molar-refractivity contribution in [3.05, 3.63) is 193 Å². The van der Waals surface area contributed by atoms with Crippen LogP contribution in [-0.2, 0) is 5.41 Å². The van der Waals surface area contributed by atoms with Crippen molar-refractivity contribution in [3.8, 4) is 67.2 Å². The number of rotatable bonds is 5. The Hall–Kier alpha value is -6.64. The molecule has 8 aromatic carbocycles. The summed E-state index contributed by atoms with van der Waals surface area (Å²) < 4.78 is 0. The van der Waals surface area contributed by atoms with Gasteiger partial charge in [-0.05, 0) is 78.2 Å². The third kappa shape index (κ3) is 5.18. The highest BCUT2D eigenvalue weighted by Crippen LogP contribution is 2.54. The average Bonchev–Trinajstić information content (AvgIpc) is 3.47. The topological polar surface area (TPSA) is 25.8 Å². The van der Waals surface area contributed by atoms with Gasteiger partial charge in [0.25, 0.3) is 0 Å². The van der Waals surface area contributed by atoms with Gasteiger partial charge in [-0.3, -0.25) is 0 Å². The van der Waals surface area contributed by atoms with E-state index in [2.05, 4.69) is 196 Å². The zero-order valence-electron chi connectivity index (χ0n) is 29.7. The molecule has 0 aliphatic heterocycles. The molecule has 53 heavy (non-hydrogen) atoms. The number of fused-ring (bicyclic) bond motifs is 6. The van der Waals surface area contributed by atoms with E-state index in [4.69, 9.17) is 9.97 Å². The van der Waals surface area contributed by atoms with Gasteiger partial charge in [0.05, 0.1) is 11.4 Å². The Labute approximate surface area is 310 Å². The molecule has 0 amide bonds. The Morgan fingerprint density at radius 2 is 0.887 bits per heavy atom. The highest BCUT2D eigenvalue weighted by Gasteiger charge is 2.41. The molecule has 1 aromatic heterocycles. The van der Waals surface area contributed by atoms with Crippen LogP contribution < -0.4 is 0 Å². The van der Waals surface area contributed by atoms with Crippen LogP contribution in [0.5, 0.6) is 0 Å². The van der Waals surface area contributed by atoms with E-state index < -0.39 is 0 Å². The standard InChI is InChI=1S/C51H36N2/c1-51(2)47-43-23-9-7-16-37(43)29-30-45(47)46-48(44-24-12-17-36-15-6-8-22-42(36)44)52-50(53-49(46)51)41-21-11-20-40(32-41)39-19-10-18-38(31-39)35-27-25-34(26-28-35)33-13-4-3-5-14-33/h3-32H,1-2H3. The van der Waals surface area contributed by atoms with Crippen LogP contribution in [0.3, 0.4) is 0 Å². The van der Waals surface area contributed by atoms with Gasteiger partial charge in [0.15, 0.2) is 5.82 Å². The average molecular weight is 677 g/mol. The molecule has 1 aliphatic rings. The molecule has 1 heterocycles. The second-order valence-electron chi connectivity index (χ2n) is 14.6. The van der Waals surface area contributed by atoms with Gasteiger partial charge in [0.2, 0.25) is 0 Å². The maximum atomic E-state index is 5.50. The summed E-state index contributed by atoms with van der Waals surface area (Å²) in [5.74, 6) is 0.742. The molecule has 0 saturated carbocycles. The summed E-state index contributed by atoms with van der Waals surface area (Å²) in [6.07, 6.45) is 0. The molecular weight excluding hydrogens is 641 g/mol. The van der Waals surface area contributed by atoms with E-state index in [0.717, 1.165) is 45.0 Å². The fraction of sp³-hybridized carbons (Fsp3) is 0.0588. The Bertz CT molecular complexity index is 2840. The third-order valence-corrected chi connectivity index (χ3v) is 11.0. The lowest BCUT2D eigenvalue weighted by atomic mass is 9.82. The van der Waals surface area contributed by atoms with Gasteiger partial charge in [-0.2, -0.15) is 0 Å². The summed E-state index contributed by atoms with van der Waals surface area (Å²) in [7, 11) is 0. The second-order valence-corrected chi connectivity index (χ2v) is 14.6. The number of hydrogen-bond donors (Lipinski definition) is 0. The molecule has 0 atom stereocenters. The highest BCUT2D eigenvalue weighted by atomic mass is 14.9. The highest BCUT2D eigenvalue weighted by molar-refractivity contribution is 6.05. The van der Waals surface area contributed by atoms with E-state index in [0.29, 0.717) is 0 Å². The van der Waals surface area contributed by atoms with Crippen molar-refractivity contribution in [3.63, 3.8) is 0 Å². The second kappa shape index (κ2) is 12.3. The first-order chi connectivity index (χ1) is 26.0. The molecule has 2 heteroatoms. The van der Waals surface area contributed by atoms with Gasteiger partial charge in [-0.15, -0.1) is 0 Å². The summed E-state index contributed by atoms with van der Waals surface area (Å²) >= 11 is 0. The van der Waals surface area contributed by atoms with Crippen molar-refractivity contribution < 1.29 is 0 Å². The molecule has 0 fully saturated rings. The monoisotopic (exact) mass is 676 g/mol. The summed E-state index contributed by atoms with van der Waals surface area (Å²) in [5.41, 5.74) is 14.6. The Morgan fingerprint density at radius 1 is 0.377 bits per heavy atom. The Balaban J connectivity index is 1.11. The normalized spacial score (nSPS) is 12.9. The van der Waals surface area contributed by atoms with Crippen LogP contribution in [0.25, 0.3) is 88.7 Å². The van der Waals surface area contributed by atoms with Crippen LogP contribution in [0.1, 0.15) is 25.1 Å². The van der Waals surface area contributed by atoms with E-state index in [1.54, 1.807) is 0 Å². The van der Waals surface area contributed by atoms with Crippen LogP contribution in [0.15, 0.2) is 182 Å². The van der Waals surface area contributed by atoms with E-state index in [1.165, 1.54) is 54.9 Å². The molecule has 0 spiro atoms. The largest absolute Gasteiger partial charge is 0.231 e. The fourth-order valence-corrected chi connectivity index (χ4v) is 8.40. The van der Waals surface area contributed by atoms with E-state index >= 15 is 0 Å². The number of benzene rings is 8. The zero-order valence-corrected chi connectivity index (χ0v) is 29.7. The van der Waals surface area contributed by atoms with Crippen LogP contribution in [0.2, 0.25) is 0 Å². The predicted molar refractivity (Wildman–Crippen MR) is 222 cm³/mol. The number of hydrogen-bond acceptors (Lipinski definition) is 2. The van der Waals surface area contributed by atoms with Crippen molar-refractivity contribution >= 4 is 21.5 Å². The van der Waals surface area contributed by atoms with Crippen molar-refractivity contribution in [2.24, 2.45) is 0 Å². The Kier molecular flexibility index (Phi) is 7.19. The molecule has 0 unspecified atom stereocenters. The van der Waals surface area contributed by atoms with Gasteiger partial charge < -0.3 is 0 Å². The minimum absolute atomic E-state index is 0.329. The van der Waals surface area contributed by atoms with Crippen molar-refractivity contribution in [1.29, 1.82) is 0 Å². The summed E-state index contributed by atoms with van der Waals surface area (Å²) in [5, 5.41) is 4.91. The first-order valence-corrected chi connectivity index (χ1v) is 18.3. The maximum Gasteiger partial charge on any atom is 0.160 e. The lowest BCUT2D eigenvalue weighted by Gasteiger charge is -2.23. The van der Waals surface area contributed by atoms with Crippen LogP contribution >= 0.6 is 0 Å². The molecule has 2 nitrogen and oxygen atoms in total. The smallest absolute Gasteiger partial charge is 0.160 e. The van der Waals surface area contributed by atoms with E-state index in [9.17, 15) is 0 Å². The van der Waals surface area contributed by atoms with E-state index in [1.807, 2.05) is 0 Å². The zero-order chi connectivity index (χ0) is 35.5. The van der Waals surface area contributed by atoms with Crippen molar-refractivity contribution in [1.82, 2.24) is 9.97 Å². The quantitative estimate of drug-likeness (QED) is 0.181. The molecule has 0 N–H and O–H groups in total. The number of aromatic nitrogens is 2. The lowest BCUT2D eigenvalue weighted by Crippen LogP contribution is -2.18. The summed E-state index contributed by atoms with van der Waals surface area (Å²) in [6.45, 7) is 4.64. The minimum atomic E-state index is -0.329. The molecule has 0 bridgehead atoms. The van der Waals surface area contributed by atoms with Crippen LogP contribution in [-0.4, -0.2) is 9.97 Å². The molecular formula is C51H36N2. The van der Waals surface area contributed by atoms with Crippen molar-refractivity contribution in [2.75, 3.05) is 0 Å². The molecule has 0 radical (unpaired) electrons. The third-order valence-electron chi connectivity index (χ3n) is 11.0. The van der Waals surface area contributed by atoms with Gasteiger partial charge in [0, 0.05) is 22.1 Å². The molecule has 0 saturated heterocycles. The Morgan fingerprint density at radius 3 is 1.62 bits per heavy atom. The summed E-state index contributed by atoms with van der Waals surface area (Å²) in [6, 6.07) is 65.3. The first-order valence-electron chi connectivity index (χ1n) is 18.3. The van der Waals surface area contributed by atoms with Gasteiger partial charge in [0.1, 0.15) is 0 Å². The number of nitrogens with zero attached hydrogens (tertiary/aromatic N) is 2. The molecule has 250 valence electrons. The molecule has 9 aromatic rings. The van der Waals surface area contributed by atoms with Crippen LogP contribution in [0.4, 0.5) is 0 Å². The van der Waals surface area contributed by atoms with Gasteiger partial charge in [-0.1, -0.05) is 184 Å². The van der Waals surface area contributed by atoms with Crippen molar-refractivity contribution in [2.45, 2.75) is 19.3 Å².